The molecule has 0 unspecified atom stereocenters. The van der Waals surface area contributed by atoms with Crippen molar-refractivity contribution in [3.8, 4) is 11.1 Å². The van der Waals surface area contributed by atoms with Gasteiger partial charge < -0.3 is 14.7 Å². The van der Waals surface area contributed by atoms with Gasteiger partial charge in [-0.05, 0) is 48.6 Å². The van der Waals surface area contributed by atoms with Crippen LogP contribution < -0.4 is 0 Å². The lowest BCUT2D eigenvalue weighted by atomic mass is 9.84. The minimum Gasteiger partial charge on any atom is -0.343 e. The lowest BCUT2D eigenvalue weighted by Crippen LogP contribution is -2.53. The van der Waals surface area contributed by atoms with Crippen LogP contribution in [0, 0.1) is 5.92 Å². The summed E-state index contributed by atoms with van der Waals surface area (Å²) in [6, 6.07) is 19.0. The van der Waals surface area contributed by atoms with E-state index in [4.69, 9.17) is 23.2 Å². The van der Waals surface area contributed by atoms with E-state index in [-0.39, 0.29) is 35.6 Å². The van der Waals surface area contributed by atoms with Gasteiger partial charge in [-0.2, -0.15) is 0 Å². The molecular weight excluding hydrogens is 559 g/mol. The van der Waals surface area contributed by atoms with Gasteiger partial charge in [-0.1, -0.05) is 65.7 Å². The van der Waals surface area contributed by atoms with Crippen LogP contribution in [-0.2, 0) is 9.59 Å². The van der Waals surface area contributed by atoms with Crippen LogP contribution in [-0.4, -0.2) is 76.7 Å². The fourth-order valence-corrected chi connectivity index (χ4v) is 6.33. The molecule has 0 aliphatic carbocycles. The first-order valence-electron chi connectivity index (χ1n) is 14.0. The second-order valence-corrected chi connectivity index (χ2v) is 11.7. The number of carbonyl (C=O) groups excluding carboxylic acids is 3. The number of amides is 3. The van der Waals surface area contributed by atoms with Crippen LogP contribution in [0.25, 0.3) is 11.1 Å². The molecule has 9 heteroatoms. The number of rotatable bonds is 5. The van der Waals surface area contributed by atoms with Crippen LogP contribution in [0.5, 0.6) is 0 Å². The first-order valence-corrected chi connectivity index (χ1v) is 14.8. The summed E-state index contributed by atoms with van der Waals surface area (Å²) in [4.78, 5) is 48.9. The largest absolute Gasteiger partial charge is 0.343 e. The van der Waals surface area contributed by atoms with Crippen LogP contribution in [0.2, 0.25) is 10.0 Å². The summed E-state index contributed by atoms with van der Waals surface area (Å²) in [6.45, 7) is 3.79. The van der Waals surface area contributed by atoms with E-state index in [1.807, 2.05) is 53.4 Å². The van der Waals surface area contributed by atoms with Crippen LogP contribution >= 0.6 is 23.2 Å². The average Bonchev–Trinajstić information content (AvgIpc) is 3.01. The highest BCUT2D eigenvalue weighted by Gasteiger charge is 2.39. The molecule has 0 bridgehead atoms. The normalized spacial score (nSPS) is 19.6. The number of hydrogen-bond donors (Lipinski definition) is 0. The Hall–Kier alpha value is -3.42. The molecule has 214 valence electrons. The van der Waals surface area contributed by atoms with Gasteiger partial charge in [-0.25, -0.2) is 0 Å². The third kappa shape index (κ3) is 6.41. The Labute approximate surface area is 251 Å². The molecule has 0 saturated carbocycles. The quantitative estimate of drug-likeness (QED) is 0.377. The maximum atomic E-state index is 13.6. The average molecular weight is 594 g/mol. The van der Waals surface area contributed by atoms with E-state index in [0.29, 0.717) is 61.2 Å². The summed E-state index contributed by atoms with van der Waals surface area (Å²) in [7, 11) is 1.80. The predicted molar refractivity (Wildman–Crippen MR) is 161 cm³/mol. The minimum absolute atomic E-state index is 0.0493. The van der Waals surface area contributed by atoms with Gasteiger partial charge in [0.1, 0.15) is 5.69 Å². The maximum Gasteiger partial charge on any atom is 0.272 e. The molecule has 0 spiro atoms. The van der Waals surface area contributed by atoms with Crippen molar-refractivity contribution < 1.29 is 14.4 Å². The maximum absolute atomic E-state index is 13.6. The van der Waals surface area contributed by atoms with E-state index in [9.17, 15) is 14.4 Å². The van der Waals surface area contributed by atoms with Gasteiger partial charge in [0.15, 0.2) is 0 Å². The predicted octanol–water partition coefficient (Wildman–Crippen LogP) is 5.77. The molecule has 7 nitrogen and oxygen atoms in total. The molecule has 2 aliphatic rings. The molecule has 41 heavy (non-hydrogen) atoms. The molecule has 3 amide bonds. The van der Waals surface area contributed by atoms with Gasteiger partial charge in [0.05, 0.1) is 10.0 Å². The Balaban J connectivity index is 1.35. The highest BCUT2D eigenvalue weighted by molar-refractivity contribution is 6.42. The molecular formula is C32H34Cl2N4O3. The number of benzene rings is 2. The molecule has 2 saturated heterocycles. The zero-order valence-electron chi connectivity index (χ0n) is 23.3. The van der Waals surface area contributed by atoms with Crippen LogP contribution in [0.4, 0.5) is 0 Å². The molecule has 0 N–H and O–H groups in total. The highest BCUT2D eigenvalue weighted by atomic mass is 35.5. The van der Waals surface area contributed by atoms with E-state index in [1.54, 1.807) is 42.1 Å². The SMILES string of the molecule is CC(=O)N1CCC(C(=O)N2CC[C@@H](N(C)C(=O)c3ccc(-c4ccccc4)cn3)[C@H](c3ccc(Cl)c(Cl)c3)C2)CC1. The number of likely N-dealkylation sites (tertiary alicyclic amines) is 2. The Morgan fingerprint density at radius 1 is 0.854 bits per heavy atom. The first kappa shape index (κ1) is 29.1. The van der Waals surface area contributed by atoms with Crippen molar-refractivity contribution in [3.05, 3.63) is 88.2 Å². The minimum atomic E-state index is -0.170. The Morgan fingerprint density at radius 2 is 1.56 bits per heavy atom. The molecule has 0 radical (unpaired) electrons. The van der Waals surface area contributed by atoms with Crippen molar-refractivity contribution in [3.63, 3.8) is 0 Å². The topological polar surface area (TPSA) is 73.8 Å². The Morgan fingerprint density at radius 3 is 2.20 bits per heavy atom. The second-order valence-electron chi connectivity index (χ2n) is 10.9. The van der Waals surface area contributed by atoms with E-state index in [2.05, 4.69) is 4.98 Å². The van der Waals surface area contributed by atoms with E-state index in [0.717, 1.165) is 16.7 Å². The molecule has 2 aromatic carbocycles. The van der Waals surface area contributed by atoms with Crippen LogP contribution in [0.3, 0.4) is 0 Å². The lowest BCUT2D eigenvalue weighted by Gasteiger charge is -2.44. The number of pyridine rings is 1. The zero-order chi connectivity index (χ0) is 29.1. The van der Waals surface area contributed by atoms with Crippen molar-refractivity contribution in [2.75, 3.05) is 33.2 Å². The summed E-state index contributed by atoms with van der Waals surface area (Å²) in [5.74, 6) is -0.270. The van der Waals surface area contributed by atoms with Gasteiger partial charge in [0.25, 0.3) is 5.91 Å². The smallest absolute Gasteiger partial charge is 0.272 e. The fourth-order valence-electron chi connectivity index (χ4n) is 6.03. The van der Waals surface area contributed by atoms with Gasteiger partial charge in [-0.3, -0.25) is 19.4 Å². The first-order chi connectivity index (χ1) is 19.7. The molecule has 2 aliphatic heterocycles. The summed E-state index contributed by atoms with van der Waals surface area (Å²) in [5, 5.41) is 0.898. The standard InChI is InChI=1S/C32H34Cl2N4O3/c1-21(39)37-15-12-23(13-16-37)31(40)38-17-14-30(26(20-38)24-8-10-27(33)28(34)18-24)36(2)32(41)29-11-9-25(19-35-29)22-6-4-3-5-7-22/h3-11,18-19,23,26,30H,12-17,20H2,1-2H3/t26-,30+/m0/s1. The number of likely N-dealkylation sites (N-methyl/N-ethyl adjacent to an activating group) is 1. The van der Waals surface area contributed by atoms with Gasteiger partial charge in [-0.15, -0.1) is 0 Å². The molecule has 2 atom stereocenters. The van der Waals surface area contributed by atoms with Crippen molar-refractivity contribution in [1.82, 2.24) is 19.7 Å². The summed E-state index contributed by atoms with van der Waals surface area (Å²) in [5.41, 5.74) is 3.28. The van der Waals surface area contributed by atoms with Gasteiger partial charge in [0, 0.05) is 69.8 Å². The lowest BCUT2D eigenvalue weighted by molar-refractivity contribution is -0.141. The number of hydrogen-bond acceptors (Lipinski definition) is 4. The summed E-state index contributed by atoms with van der Waals surface area (Å²) >= 11 is 12.6. The molecule has 2 fully saturated rings. The highest BCUT2D eigenvalue weighted by Crippen LogP contribution is 2.35. The number of piperidine rings is 2. The molecule has 3 aromatic rings. The van der Waals surface area contributed by atoms with E-state index < -0.39 is 0 Å². The van der Waals surface area contributed by atoms with Gasteiger partial charge in [0.2, 0.25) is 11.8 Å². The number of nitrogens with zero attached hydrogens (tertiary/aromatic N) is 4. The van der Waals surface area contributed by atoms with Crippen molar-refractivity contribution in [1.29, 1.82) is 0 Å². The fraction of sp³-hybridized carbons (Fsp3) is 0.375. The molecule has 5 rings (SSSR count). The van der Waals surface area contributed by atoms with Crippen molar-refractivity contribution in [2.45, 2.75) is 38.1 Å². The van der Waals surface area contributed by atoms with Crippen molar-refractivity contribution >= 4 is 40.9 Å². The second kappa shape index (κ2) is 12.6. The van der Waals surface area contributed by atoms with E-state index >= 15 is 0 Å². The number of halogens is 2. The Kier molecular flexibility index (Phi) is 8.95. The van der Waals surface area contributed by atoms with Crippen molar-refractivity contribution in [2.24, 2.45) is 5.92 Å². The van der Waals surface area contributed by atoms with E-state index in [1.165, 1.54) is 0 Å². The molecule has 3 heterocycles. The number of carbonyl (C=O) groups is 3. The van der Waals surface area contributed by atoms with Crippen LogP contribution in [0.1, 0.15) is 48.2 Å². The third-order valence-electron chi connectivity index (χ3n) is 8.46. The number of aromatic nitrogens is 1. The Bertz CT molecular complexity index is 1410. The molecule has 1 aromatic heterocycles. The summed E-state index contributed by atoms with van der Waals surface area (Å²) in [6.07, 6.45) is 3.68. The van der Waals surface area contributed by atoms with Crippen LogP contribution in [0.15, 0.2) is 66.9 Å². The monoisotopic (exact) mass is 592 g/mol. The third-order valence-corrected chi connectivity index (χ3v) is 9.20. The summed E-state index contributed by atoms with van der Waals surface area (Å²) < 4.78 is 0. The van der Waals surface area contributed by atoms with Gasteiger partial charge >= 0.3 is 0 Å². The zero-order valence-corrected chi connectivity index (χ0v) is 24.8.